The van der Waals surface area contributed by atoms with Crippen molar-refractivity contribution in [1.29, 1.82) is 0 Å². The second-order valence-electron chi connectivity index (χ2n) is 2.88. The van der Waals surface area contributed by atoms with Crippen LogP contribution in [0.2, 0.25) is 0 Å². The molecule has 80 valence electrons. The van der Waals surface area contributed by atoms with Crippen LogP contribution in [-0.2, 0) is 4.79 Å². The molecule has 2 rings (SSSR count). The molecule has 2 aromatic carbocycles. The van der Waals surface area contributed by atoms with E-state index in [9.17, 15) is 5.11 Å². The molecule has 2 nitrogen and oxygen atoms in total. The Hall–Kier alpha value is -1.17. The molecule has 0 fully saturated rings. The van der Waals surface area contributed by atoms with Crippen LogP contribution in [0.3, 0.4) is 0 Å². The van der Waals surface area contributed by atoms with Gasteiger partial charge in [-0.25, -0.2) is 0 Å². The summed E-state index contributed by atoms with van der Waals surface area (Å²) in [4.78, 5) is 8.00. The third kappa shape index (κ3) is 3.77. The minimum absolute atomic E-state index is 0. The van der Waals surface area contributed by atoms with Gasteiger partial charge in [-0.05, 0) is 11.6 Å². The zero-order valence-corrected chi connectivity index (χ0v) is 12.6. The SMILES string of the molecule is C=O.Oc1ccccc1-c1ccccc1.[Pb]. The van der Waals surface area contributed by atoms with Crippen molar-refractivity contribution in [2.24, 2.45) is 0 Å². The molecule has 0 bridgehead atoms. The van der Waals surface area contributed by atoms with Gasteiger partial charge in [0.15, 0.2) is 0 Å². The number of carbonyl (C=O) groups excluding carboxylic acids is 1. The molecule has 0 spiro atoms. The van der Waals surface area contributed by atoms with Gasteiger partial charge >= 0.3 is 0 Å². The van der Waals surface area contributed by atoms with Crippen LogP contribution in [0.1, 0.15) is 0 Å². The number of phenolic OH excluding ortho intramolecular Hbond substituents is 1. The summed E-state index contributed by atoms with van der Waals surface area (Å²) in [5.74, 6) is 0.328. The molecule has 0 aromatic heterocycles. The third-order valence-corrected chi connectivity index (χ3v) is 1.99. The molecular weight excluding hydrogens is 395 g/mol. The van der Waals surface area contributed by atoms with Crippen LogP contribution in [0.5, 0.6) is 5.75 Å². The largest absolute Gasteiger partial charge is 0.507 e. The van der Waals surface area contributed by atoms with E-state index >= 15 is 0 Å². The molecule has 0 aliphatic rings. The Labute approximate surface area is 115 Å². The zero-order chi connectivity index (χ0) is 11.1. The maximum atomic E-state index is 9.56. The predicted octanol–water partition coefficient (Wildman–Crippen LogP) is 2.49. The number of hydrogen-bond acceptors (Lipinski definition) is 2. The van der Waals surface area contributed by atoms with Crippen molar-refractivity contribution in [3.8, 4) is 16.9 Å². The number of hydrogen-bond donors (Lipinski definition) is 1. The maximum absolute atomic E-state index is 9.56. The van der Waals surface area contributed by atoms with Crippen LogP contribution in [-0.4, -0.2) is 39.2 Å². The molecule has 0 atom stereocenters. The first-order chi connectivity index (χ1) is 7.38. The average Bonchev–Trinajstić information content (AvgIpc) is 2.33. The first kappa shape index (κ1) is 14.8. The molecule has 1 N–H and O–H groups in total. The van der Waals surface area contributed by atoms with Crippen molar-refractivity contribution in [3.05, 3.63) is 54.6 Å². The summed E-state index contributed by atoms with van der Waals surface area (Å²) >= 11 is 0. The molecule has 0 saturated carbocycles. The molecule has 0 aliphatic carbocycles. The van der Waals surface area contributed by atoms with Gasteiger partial charge in [0.2, 0.25) is 0 Å². The van der Waals surface area contributed by atoms with E-state index in [0.29, 0.717) is 5.75 Å². The second-order valence-corrected chi connectivity index (χ2v) is 2.88. The van der Waals surface area contributed by atoms with Crippen LogP contribution < -0.4 is 0 Å². The summed E-state index contributed by atoms with van der Waals surface area (Å²) in [6.07, 6.45) is 0. The van der Waals surface area contributed by atoms with Gasteiger partial charge in [0.25, 0.3) is 0 Å². The van der Waals surface area contributed by atoms with Crippen molar-refractivity contribution in [1.82, 2.24) is 0 Å². The Morgan fingerprint density at radius 3 is 1.88 bits per heavy atom. The Morgan fingerprint density at radius 2 is 1.31 bits per heavy atom. The topological polar surface area (TPSA) is 37.3 Å². The summed E-state index contributed by atoms with van der Waals surface area (Å²) in [6, 6.07) is 17.2. The van der Waals surface area contributed by atoms with Gasteiger partial charge < -0.3 is 9.90 Å². The van der Waals surface area contributed by atoms with Gasteiger partial charge in [-0.15, -0.1) is 0 Å². The number of benzene rings is 2. The number of carbonyl (C=O) groups is 1. The molecule has 16 heavy (non-hydrogen) atoms. The molecule has 0 aliphatic heterocycles. The molecule has 0 unspecified atom stereocenters. The van der Waals surface area contributed by atoms with Gasteiger partial charge in [0, 0.05) is 32.9 Å². The minimum atomic E-state index is 0. The molecule has 3 heteroatoms. The summed E-state index contributed by atoms with van der Waals surface area (Å²) in [6.45, 7) is 2.00. The molecule has 0 amide bonds. The molecule has 0 heterocycles. The Balaban J connectivity index is 0.000000711. The molecule has 4 radical (unpaired) electrons. The van der Waals surface area contributed by atoms with E-state index in [2.05, 4.69) is 0 Å². The van der Waals surface area contributed by atoms with Crippen LogP contribution in [0, 0.1) is 0 Å². The quantitative estimate of drug-likeness (QED) is 0.738. The normalized spacial score (nSPS) is 8.25. The first-order valence-corrected chi connectivity index (χ1v) is 4.50. The van der Waals surface area contributed by atoms with E-state index in [0.717, 1.165) is 11.1 Å². The summed E-state index contributed by atoms with van der Waals surface area (Å²) < 4.78 is 0. The number of para-hydroxylation sites is 1. The number of phenols is 1. The van der Waals surface area contributed by atoms with Crippen molar-refractivity contribution in [3.63, 3.8) is 0 Å². The second kappa shape index (κ2) is 8.04. The van der Waals surface area contributed by atoms with Crippen LogP contribution in [0.15, 0.2) is 54.6 Å². The Morgan fingerprint density at radius 1 is 0.812 bits per heavy atom. The Kier molecular flexibility index (Phi) is 7.45. The van der Waals surface area contributed by atoms with Gasteiger partial charge in [-0.3, -0.25) is 0 Å². The van der Waals surface area contributed by atoms with Gasteiger partial charge in [-0.1, -0.05) is 48.5 Å². The van der Waals surface area contributed by atoms with Gasteiger partial charge in [0.1, 0.15) is 12.5 Å². The van der Waals surface area contributed by atoms with Crippen LogP contribution in [0.25, 0.3) is 11.1 Å². The van der Waals surface area contributed by atoms with E-state index in [-0.39, 0.29) is 27.3 Å². The summed E-state index contributed by atoms with van der Waals surface area (Å²) in [5, 5.41) is 9.56. The molecular formula is C13H12O2Pb. The number of aromatic hydroxyl groups is 1. The van der Waals surface area contributed by atoms with E-state index in [1.54, 1.807) is 6.07 Å². The van der Waals surface area contributed by atoms with Gasteiger partial charge in [0.05, 0.1) is 0 Å². The van der Waals surface area contributed by atoms with E-state index in [4.69, 9.17) is 4.79 Å². The number of rotatable bonds is 1. The minimum Gasteiger partial charge on any atom is -0.507 e. The van der Waals surface area contributed by atoms with Gasteiger partial charge in [-0.2, -0.15) is 0 Å². The van der Waals surface area contributed by atoms with Crippen molar-refractivity contribution in [2.75, 3.05) is 0 Å². The fraction of sp³-hybridized carbons (Fsp3) is 0. The van der Waals surface area contributed by atoms with Crippen LogP contribution in [0.4, 0.5) is 0 Å². The average molecular weight is 407 g/mol. The smallest absolute Gasteiger partial charge is 0.123 e. The fourth-order valence-corrected chi connectivity index (χ4v) is 1.34. The Bertz CT molecular complexity index is 415. The summed E-state index contributed by atoms with van der Waals surface area (Å²) in [7, 11) is 0. The van der Waals surface area contributed by atoms with Crippen molar-refractivity contribution >= 4 is 34.1 Å². The standard InChI is InChI=1S/C12H10O.CH2O.Pb/c13-12-9-5-4-8-11(12)10-6-2-1-3-7-10;1-2;/h1-9,13H;1H2;. The predicted molar refractivity (Wildman–Crippen MR) is 66.4 cm³/mol. The van der Waals surface area contributed by atoms with E-state index in [1.807, 2.05) is 55.3 Å². The fourth-order valence-electron chi connectivity index (χ4n) is 1.34. The molecule has 0 saturated heterocycles. The van der Waals surface area contributed by atoms with E-state index in [1.165, 1.54) is 0 Å². The van der Waals surface area contributed by atoms with Crippen molar-refractivity contribution in [2.45, 2.75) is 0 Å². The van der Waals surface area contributed by atoms with Crippen LogP contribution >= 0.6 is 0 Å². The monoisotopic (exact) mass is 408 g/mol. The first-order valence-electron chi connectivity index (χ1n) is 4.50. The molecule has 2 aromatic rings. The zero-order valence-electron chi connectivity index (χ0n) is 8.76. The summed E-state index contributed by atoms with van der Waals surface area (Å²) in [5.41, 5.74) is 1.92. The maximum Gasteiger partial charge on any atom is 0.123 e. The third-order valence-electron chi connectivity index (χ3n) is 1.99. The van der Waals surface area contributed by atoms with Crippen molar-refractivity contribution < 1.29 is 9.90 Å². The van der Waals surface area contributed by atoms with E-state index < -0.39 is 0 Å².